The maximum atomic E-state index is 11.9. The molecule has 6 nitrogen and oxygen atoms in total. The van der Waals surface area contributed by atoms with E-state index < -0.39 is 0 Å². The highest BCUT2D eigenvalue weighted by Crippen LogP contribution is 2.22. The van der Waals surface area contributed by atoms with Crippen LogP contribution in [0, 0.1) is 5.41 Å². The van der Waals surface area contributed by atoms with E-state index in [2.05, 4.69) is 12.0 Å². The molecular formula is C16H20N4O2. The van der Waals surface area contributed by atoms with Crippen LogP contribution in [0.4, 0.5) is 0 Å². The highest BCUT2D eigenvalue weighted by Gasteiger charge is 2.10. The molecule has 0 fully saturated rings. The van der Waals surface area contributed by atoms with Crippen molar-refractivity contribution in [3.8, 4) is 17.0 Å². The minimum Gasteiger partial charge on any atom is -0.494 e. The lowest BCUT2D eigenvalue weighted by molar-refractivity contribution is 0.309. The smallest absolute Gasteiger partial charge is 0.277 e. The molecule has 0 aliphatic carbocycles. The van der Waals surface area contributed by atoms with Gasteiger partial charge in [-0.25, -0.2) is 4.68 Å². The van der Waals surface area contributed by atoms with E-state index in [0.29, 0.717) is 12.3 Å². The van der Waals surface area contributed by atoms with Crippen molar-refractivity contribution in [1.29, 1.82) is 5.41 Å². The number of rotatable bonds is 6. The number of nitrogens with one attached hydrogen (secondary N) is 1. The fourth-order valence-electron chi connectivity index (χ4n) is 2.02. The van der Waals surface area contributed by atoms with E-state index in [1.807, 2.05) is 24.3 Å². The van der Waals surface area contributed by atoms with Crippen LogP contribution in [-0.2, 0) is 7.05 Å². The van der Waals surface area contributed by atoms with Gasteiger partial charge in [0.2, 0.25) is 0 Å². The minimum atomic E-state index is -0.383. The van der Waals surface area contributed by atoms with Crippen LogP contribution in [-0.4, -0.2) is 22.2 Å². The van der Waals surface area contributed by atoms with Crippen LogP contribution in [0.15, 0.2) is 35.1 Å². The normalized spacial score (nSPS) is 10.5. The van der Waals surface area contributed by atoms with Crippen LogP contribution in [0.2, 0.25) is 0 Å². The number of aromatic nitrogens is 2. The highest BCUT2D eigenvalue weighted by molar-refractivity contribution is 5.95. The Morgan fingerprint density at radius 3 is 2.86 bits per heavy atom. The molecule has 0 amide bonds. The lowest BCUT2D eigenvalue weighted by Gasteiger charge is -2.09. The third-order valence-electron chi connectivity index (χ3n) is 3.25. The summed E-state index contributed by atoms with van der Waals surface area (Å²) >= 11 is 0. The molecule has 2 rings (SSSR count). The van der Waals surface area contributed by atoms with Crippen molar-refractivity contribution in [3.05, 3.63) is 46.2 Å². The van der Waals surface area contributed by atoms with E-state index in [1.165, 1.54) is 10.7 Å². The Kier molecular flexibility index (Phi) is 4.93. The zero-order valence-corrected chi connectivity index (χ0v) is 12.8. The highest BCUT2D eigenvalue weighted by atomic mass is 16.5. The Morgan fingerprint density at radius 2 is 2.18 bits per heavy atom. The average Bonchev–Trinajstić information content (AvgIpc) is 2.50. The van der Waals surface area contributed by atoms with E-state index in [1.54, 1.807) is 7.05 Å². The minimum absolute atomic E-state index is 0.143. The Labute approximate surface area is 129 Å². The van der Waals surface area contributed by atoms with Gasteiger partial charge in [0, 0.05) is 12.6 Å². The van der Waals surface area contributed by atoms with Crippen LogP contribution >= 0.6 is 0 Å². The van der Waals surface area contributed by atoms with Crippen LogP contribution in [0.5, 0.6) is 5.75 Å². The zero-order chi connectivity index (χ0) is 16.1. The van der Waals surface area contributed by atoms with Gasteiger partial charge in [-0.1, -0.05) is 25.5 Å². The zero-order valence-electron chi connectivity index (χ0n) is 12.8. The number of nitrogens with two attached hydrogens (primary N) is 1. The first kappa shape index (κ1) is 15.8. The standard InChI is InChI=1S/C16H20N4O2/c1-3-4-8-22-12-7-5-6-11(9-12)14-10-13(15(17)18)16(21)20(2)19-14/h5-7,9-10H,3-4,8H2,1-2H3,(H3,17,18). The SMILES string of the molecule is CCCCOc1cccc(-c2cc(C(=N)N)c(=O)n(C)n2)c1. The van der Waals surface area contributed by atoms with Gasteiger partial charge in [0.25, 0.3) is 5.56 Å². The predicted molar refractivity (Wildman–Crippen MR) is 86.3 cm³/mol. The molecule has 0 unspecified atom stereocenters. The first-order valence-corrected chi connectivity index (χ1v) is 7.19. The summed E-state index contributed by atoms with van der Waals surface area (Å²) in [4.78, 5) is 11.9. The topological polar surface area (TPSA) is 94.0 Å². The summed E-state index contributed by atoms with van der Waals surface area (Å²) in [7, 11) is 1.54. The predicted octanol–water partition coefficient (Wildman–Crippen LogP) is 1.91. The monoisotopic (exact) mass is 300 g/mol. The van der Waals surface area contributed by atoms with Gasteiger partial charge in [-0.3, -0.25) is 10.2 Å². The van der Waals surface area contributed by atoms with Crippen LogP contribution in [0.1, 0.15) is 25.3 Å². The maximum Gasteiger partial charge on any atom is 0.277 e. The molecule has 0 saturated carbocycles. The lowest BCUT2D eigenvalue weighted by atomic mass is 10.1. The molecule has 0 saturated heterocycles. The van der Waals surface area contributed by atoms with Crippen LogP contribution in [0.25, 0.3) is 11.3 Å². The Bertz CT molecular complexity index is 737. The summed E-state index contributed by atoms with van der Waals surface area (Å²) < 4.78 is 6.87. The van der Waals surface area contributed by atoms with Crippen molar-refractivity contribution in [2.45, 2.75) is 19.8 Å². The van der Waals surface area contributed by atoms with Crippen LogP contribution in [0.3, 0.4) is 0 Å². The molecule has 0 atom stereocenters. The van der Waals surface area contributed by atoms with Gasteiger partial charge < -0.3 is 10.5 Å². The number of aryl methyl sites for hydroxylation is 1. The molecule has 0 aliphatic heterocycles. The molecular weight excluding hydrogens is 280 g/mol. The summed E-state index contributed by atoms with van der Waals surface area (Å²) in [6.07, 6.45) is 2.07. The van der Waals surface area contributed by atoms with Crippen molar-refractivity contribution >= 4 is 5.84 Å². The van der Waals surface area contributed by atoms with E-state index in [0.717, 1.165) is 24.2 Å². The number of unbranched alkanes of at least 4 members (excludes halogenated alkanes) is 1. The molecule has 2 aromatic rings. The number of ether oxygens (including phenoxy) is 1. The molecule has 0 aliphatic rings. The summed E-state index contributed by atoms with van der Waals surface area (Å²) in [5.74, 6) is 0.491. The number of amidine groups is 1. The van der Waals surface area contributed by atoms with E-state index in [9.17, 15) is 4.79 Å². The Morgan fingerprint density at radius 1 is 1.41 bits per heavy atom. The Balaban J connectivity index is 2.37. The van der Waals surface area contributed by atoms with Crippen molar-refractivity contribution in [2.24, 2.45) is 12.8 Å². The fraction of sp³-hybridized carbons (Fsp3) is 0.312. The van der Waals surface area contributed by atoms with Crippen molar-refractivity contribution in [1.82, 2.24) is 9.78 Å². The summed E-state index contributed by atoms with van der Waals surface area (Å²) in [5, 5.41) is 11.7. The third kappa shape index (κ3) is 3.52. The van der Waals surface area contributed by atoms with Gasteiger partial charge in [-0.05, 0) is 24.6 Å². The molecule has 22 heavy (non-hydrogen) atoms. The third-order valence-corrected chi connectivity index (χ3v) is 3.25. The van der Waals surface area contributed by atoms with Crippen LogP contribution < -0.4 is 16.0 Å². The first-order chi connectivity index (χ1) is 10.5. The molecule has 0 radical (unpaired) electrons. The number of nitrogens with zero attached hydrogens (tertiary/aromatic N) is 2. The lowest BCUT2D eigenvalue weighted by Crippen LogP contribution is -2.29. The molecule has 1 aromatic carbocycles. The van der Waals surface area contributed by atoms with E-state index in [-0.39, 0.29) is 17.0 Å². The molecule has 3 N–H and O–H groups in total. The second-order valence-electron chi connectivity index (χ2n) is 5.02. The summed E-state index contributed by atoms with van der Waals surface area (Å²) in [6, 6.07) is 9.04. The molecule has 0 spiro atoms. The average molecular weight is 300 g/mol. The van der Waals surface area contributed by atoms with Crippen molar-refractivity contribution in [3.63, 3.8) is 0 Å². The number of nitrogen functional groups attached to an aromatic ring is 1. The Hall–Kier alpha value is -2.63. The molecule has 116 valence electrons. The van der Waals surface area contributed by atoms with Crippen molar-refractivity contribution in [2.75, 3.05) is 6.61 Å². The van der Waals surface area contributed by atoms with Crippen molar-refractivity contribution < 1.29 is 4.74 Å². The largest absolute Gasteiger partial charge is 0.494 e. The number of hydrogen-bond donors (Lipinski definition) is 2. The van der Waals surface area contributed by atoms with E-state index >= 15 is 0 Å². The quantitative estimate of drug-likeness (QED) is 0.484. The van der Waals surface area contributed by atoms with Gasteiger partial charge in [0.15, 0.2) is 0 Å². The summed E-state index contributed by atoms with van der Waals surface area (Å²) in [5.41, 5.74) is 6.61. The van der Waals surface area contributed by atoms with Gasteiger partial charge in [0.1, 0.15) is 11.6 Å². The van der Waals surface area contributed by atoms with Gasteiger partial charge in [-0.15, -0.1) is 0 Å². The second-order valence-corrected chi connectivity index (χ2v) is 5.02. The first-order valence-electron chi connectivity index (χ1n) is 7.19. The van der Waals surface area contributed by atoms with E-state index in [4.69, 9.17) is 15.9 Å². The van der Waals surface area contributed by atoms with Gasteiger partial charge >= 0.3 is 0 Å². The molecule has 0 bridgehead atoms. The number of hydrogen-bond acceptors (Lipinski definition) is 4. The number of benzene rings is 1. The summed E-state index contributed by atoms with van der Waals surface area (Å²) in [6.45, 7) is 2.77. The molecule has 1 aromatic heterocycles. The fourth-order valence-corrected chi connectivity index (χ4v) is 2.02. The molecule has 1 heterocycles. The van der Waals surface area contributed by atoms with Gasteiger partial charge in [-0.2, -0.15) is 5.10 Å². The van der Waals surface area contributed by atoms with Gasteiger partial charge in [0.05, 0.1) is 17.9 Å². The molecule has 6 heteroatoms. The second kappa shape index (κ2) is 6.89. The maximum absolute atomic E-state index is 11.9.